The topological polar surface area (TPSA) is 17.8 Å². The predicted octanol–water partition coefficient (Wildman–Crippen LogP) is 11.9. The second-order valence-corrected chi connectivity index (χ2v) is 14.9. The minimum Gasteiger partial charge on any atom is -0.309 e. The van der Waals surface area contributed by atoms with E-state index in [1.54, 1.807) is 0 Å². The molecule has 0 aliphatic rings. The van der Waals surface area contributed by atoms with Crippen LogP contribution in [0.25, 0.3) is 82.7 Å². The molecule has 0 radical (unpaired) electrons. The van der Waals surface area contributed by atoms with Crippen LogP contribution in [-0.2, 0) is 0 Å². The normalized spacial score (nSPS) is 11.7. The van der Waals surface area contributed by atoms with E-state index >= 15 is 0 Å². The van der Waals surface area contributed by atoms with Crippen molar-refractivity contribution in [3.05, 3.63) is 164 Å². The number of fused-ring (bicyclic) bond motifs is 7. The van der Waals surface area contributed by atoms with Gasteiger partial charge in [0, 0.05) is 43.7 Å². The summed E-state index contributed by atoms with van der Waals surface area (Å²) in [5.74, 6) is 0. The molecule has 3 heteroatoms. The number of hydrogen-bond acceptors (Lipinski definition) is 1. The third-order valence-electron chi connectivity index (χ3n) is 9.60. The van der Waals surface area contributed by atoms with Crippen LogP contribution in [0.15, 0.2) is 164 Å². The fourth-order valence-electron chi connectivity index (χ4n) is 7.25. The average Bonchev–Trinajstić information content (AvgIpc) is 3.49. The van der Waals surface area contributed by atoms with E-state index in [4.69, 9.17) is 4.98 Å². The van der Waals surface area contributed by atoms with Crippen LogP contribution >= 0.6 is 7.92 Å². The highest BCUT2D eigenvalue weighted by Gasteiger charge is 2.21. The molecule has 0 N–H and O–H groups in total. The lowest BCUT2D eigenvalue weighted by atomic mass is 9.93. The molecule has 0 aliphatic carbocycles. The van der Waals surface area contributed by atoms with E-state index in [2.05, 4.69) is 182 Å². The third-order valence-corrected chi connectivity index (χ3v) is 10.9. The van der Waals surface area contributed by atoms with E-state index < -0.39 is 0 Å². The highest BCUT2D eigenvalue weighted by molar-refractivity contribution is 7.64. The van der Waals surface area contributed by atoms with Gasteiger partial charge in [0.05, 0.1) is 22.2 Å². The SMILES string of the molecule is CP(C)c1ccc(-c2ccc(-c3cccc4c3nc(-c3ccccc3)c3ccc5c6ccccc6n(-c6ccccc6)c5c34)cc2)cc1. The molecule has 0 spiro atoms. The number of hydrogen-bond donors (Lipinski definition) is 0. The Morgan fingerprint density at radius 1 is 0.458 bits per heavy atom. The van der Waals surface area contributed by atoms with Gasteiger partial charge in [-0.3, -0.25) is 0 Å². The highest BCUT2D eigenvalue weighted by atomic mass is 31.1. The molecule has 9 aromatic rings. The molecule has 9 rings (SSSR count). The Labute approximate surface area is 281 Å². The van der Waals surface area contributed by atoms with Gasteiger partial charge in [-0.05, 0) is 53.5 Å². The van der Waals surface area contributed by atoms with Crippen molar-refractivity contribution in [2.75, 3.05) is 13.3 Å². The Balaban J connectivity index is 1.35. The van der Waals surface area contributed by atoms with Gasteiger partial charge < -0.3 is 4.57 Å². The van der Waals surface area contributed by atoms with Crippen molar-refractivity contribution in [3.8, 4) is 39.2 Å². The molecule has 0 atom stereocenters. The number of aromatic nitrogens is 2. The minimum atomic E-state index is -0.104. The number of pyridine rings is 1. The van der Waals surface area contributed by atoms with Crippen molar-refractivity contribution in [2.24, 2.45) is 0 Å². The Kier molecular flexibility index (Phi) is 6.92. The van der Waals surface area contributed by atoms with Crippen LogP contribution in [0.4, 0.5) is 0 Å². The van der Waals surface area contributed by atoms with Crippen LogP contribution in [0, 0.1) is 0 Å². The number of nitrogens with zero attached hydrogens (tertiary/aromatic N) is 2. The molecule has 0 saturated carbocycles. The van der Waals surface area contributed by atoms with E-state index in [0.717, 1.165) is 44.4 Å². The molecular formula is C45H33N2P. The summed E-state index contributed by atoms with van der Waals surface area (Å²) in [5.41, 5.74) is 11.4. The summed E-state index contributed by atoms with van der Waals surface area (Å²) >= 11 is 0. The molecule has 0 unspecified atom stereocenters. The van der Waals surface area contributed by atoms with Gasteiger partial charge in [-0.1, -0.05) is 154 Å². The fraction of sp³-hybridized carbons (Fsp3) is 0.0444. The maximum absolute atomic E-state index is 5.51. The van der Waals surface area contributed by atoms with Crippen LogP contribution in [-0.4, -0.2) is 22.9 Å². The number of rotatable bonds is 5. The second kappa shape index (κ2) is 11.6. The molecule has 0 amide bonds. The van der Waals surface area contributed by atoms with Crippen LogP contribution in [0.3, 0.4) is 0 Å². The van der Waals surface area contributed by atoms with Gasteiger partial charge in [0.25, 0.3) is 0 Å². The zero-order valence-electron chi connectivity index (χ0n) is 26.9. The lowest BCUT2D eigenvalue weighted by Gasteiger charge is -2.16. The summed E-state index contributed by atoms with van der Waals surface area (Å²) in [7, 11) is -0.104. The van der Waals surface area contributed by atoms with Crippen LogP contribution in [0.1, 0.15) is 0 Å². The lowest BCUT2D eigenvalue weighted by Crippen LogP contribution is -1.97. The molecule has 0 aliphatic heterocycles. The molecule has 0 bridgehead atoms. The molecule has 228 valence electrons. The van der Waals surface area contributed by atoms with Gasteiger partial charge in [-0.2, -0.15) is 0 Å². The van der Waals surface area contributed by atoms with E-state index in [0.29, 0.717) is 0 Å². The zero-order valence-corrected chi connectivity index (χ0v) is 27.8. The summed E-state index contributed by atoms with van der Waals surface area (Å²) < 4.78 is 2.44. The first-order valence-corrected chi connectivity index (χ1v) is 18.7. The first-order valence-electron chi connectivity index (χ1n) is 16.4. The second-order valence-electron chi connectivity index (χ2n) is 12.6. The molecule has 48 heavy (non-hydrogen) atoms. The summed E-state index contributed by atoms with van der Waals surface area (Å²) in [4.78, 5) is 5.51. The molecule has 7 aromatic carbocycles. The van der Waals surface area contributed by atoms with Crippen molar-refractivity contribution in [1.82, 2.24) is 9.55 Å². The van der Waals surface area contributed by atoms with Crippen molar-refractivity contribution in [1.29, 1.82) is 0 Å². The summed E-state index contributed by atoms with van der Waals surface area (Å²) in [6, 6.07) is 59.4. The first-order chi connectivity index (χ1) is 23.7. The Hall–Kier alpha value is -5.56. The molecule has 2 aromatic heterocycles. The number of para-hydroxylation sites is 3. The standard InChI is InChI=1S/C45H33N2P/c1-48(2)35-26-24-31(25-27-35)30-20-22-32(23-21-30)36-17-11-18-39-42-40(43(46-44(36)39)33-12-5-3-6-13-33)29-28-38-37-16-9-10-19-41(37)47(45(38)42)34-14-7-4-8-15-34/h3-29H,1-2H3. The van der Waals surface area contributed by atoms with Gasteiger partial charge >= 0.3 is 0 Å². The molecule has 0 fully saturated rings. The van der Waals surface area contributed by atoms with Crippen LogP contribution in [0.5, 0.6) is 0 Å². The maximum Gasteiger partial charge on any atom is 0.0795 e. The Bertz CT molecular complexity index is 2600. The van der Waals surface area contributed by atoms with E-state index in [1.807, 2.05) is 0 Å². The summed E-state index contributed by atoms with van der Waals surface area (Å²) in [6.45, 7) is 4.60. The molecule has 2 heterocycles. The van der Waals surface area contributed by atoms with Crippen LogP contribution < -0.4 is 5.30 Å². The summed E-state index contributed by atoms with van der Waals surface area (Å²) in [6.07, 6.45) is 0. The molecule has 0 saturated heterocycles. The van der Waals surface area contributed by atoms with Gasteiger partial charge in [-0.15, -0.1) is 0 Å². The van der Waals surface area contributed by atoms with Gasteiger partial charge in [0.2, 0.25) is 0 Å². The van der Waals surface area contributed by atoms with E-state index in [1.165, 1.54) is 43.6 Å². The predicted molar refractivity (Wildman–Crippen MR) is 208 cm³/mol. The van der Waals surface area contributed by atoms with Gasteiger partial charge in [0.15, 0.2) is 0 Å². The van der Waals surface area contributed by atoms with Crippen molar-refractivity contribution in [2.45, 2.75) is 0 Å². The Morgan fingerprint density at radius 3 is 1.79 bits per heavy atom. The largest absolute Gasteiger partial charge is 0.309 e. The van der Waals surface area contributed by atoms with Gasteiger partial charge in [-0.25, -0.2) is 4.98 Å². The molecular weight excluding hydrogens is 599 g/mol. The maximum atomic E-state index is 5.51. The van der Waals surface area contributed by atoms with Gasteiger partial charge in [0.1, 0.15) is 0 Å². The average molecular weight is 633 g/mol. The van der Waals surface area contributed by atoms with E-state index in [-0.39, 0.29) is 7.92 Å². The monoisotopic (exact) mass is 632 g/mol. The van der Waals surface area contributed by atoms with Crippen molar-refractivity contribution in [3.63, 3.8) is 0 Å². The highest BCUT2D eigenvalue weighted by Crippen LogP contribution is 2.43. The molecule has 2 nitrogen and oxygen atoms in total. The first kappa shape index (κ1) is 28.6. The fourth-order valence-corrected chi connectivity index (χ4v) is 8.00. The Morgan fingerprint density at radius 2 is 1.06 bits per heavy atom. The third kappa shape index (κ3) is 4.64. The quantitative estimate of drug-likeness (QED) is 0.136. The number of benzene rings is 7. The minimum absolute atomic E-state index is 0.104. The lowest BCUT2D eigenvalue weighted by molar-refractivity contribution is 1.19. The van der Waals surface area contributed by atoms with E-state index in [9.17, 15) is 0 Å². The smallest absolute Gasteiger partial charge is 0.0795 e. The van der Waals surface area contributed by atoms with Crippen molar-refractivity contribution < 1.29 is 0 Å². The van der Waals surface area contributed by atoms with Crippen LogP contribution in [0.2, 0.25) is 0 Å². The summed E-state index contributed by atoms with van der Waals surface area (Å²) in [5, 5.41) is 7.45. The zero-order chi connectivity index (χ0) is 32.2. The van der Waals surface area contributed by atoms with Crippen molar-refractivity contribution >= 4 is 56.7 Å².